The van der Waals surface area contributed by atoms with Crippen LogP contribution in [-0.2, 0) is 0 Å². The highest BCUT2D eigenvalue weighted by atomic mass is 19.1. The van der Waals surface area contributed by atoms with E-state index in [4.69, 9.17) is 4.74 Å². The van der Waals surface area contributed by atoms with Crippen LogP contribution >= 0.6 is 0 Å². The first-order valence-electron chi connectivity index (χ1n) is 11.2. The van der Waals surface area contributed by atoms with Crippen molar-refractivity contribution in [2.75, 3.05) is 11.9 Å². The molecule has 1 heterocycles. The zero-order valence-electron chi connectivity index (χ0n) is 19.4. The second-order valence-corrected chi connectivity index (χ2v) is 7.95. The number of ether oxygens (including phenoxy) is 1. The number of nitrogens with zero attached hydrogens (tertiary/aromatic N) is 2. The predicted molar refractivity (Wildman–Crippen MR) is 133 cm³/mol. The highest BCUT2D eigenvalue weighted by Crippen LogP contribution is 2.29. The van der Waals surface area contributed by atoms with Crippen molar-refractivity contribution >= 4 is 17.3 Å². The molecule has 0 saturated carbocycles. The molecule has 178 valence electrons. The van der Waals surface area contributed by atoms with Crippen LogP contribution in [0, 0.1) is 12.7 Å². The summed E-state index contributed by atoms with van der Waals surface area (Å²) >= 11 is 0. The smallest absolute Gasteiger partial charge is 0.299 e. The summed E-state index contributed by atoms with van der Waals surface area (Å²) in [5.41, 5.74) is 2.24. The Morgan fingerprint density at radius 3 is 2.34 bits per heavy atom. The molecule has 7 nitrogen and oxygen atoms in total. The second kappa shape index (κ2) is 10.6. The number of aryl methyl sites for hydroxylation is 1. The molecule has 4 rings (SSSR count). The Morgan fingerprint density at radius 1 is 1.00 bits per heavy atom. The average Bonchev–Trinajstić information content (AvgIpc) is 2.87. The molecule has 0 atom stereocenters. The molecular weight excluding hydrogens is 447 g/mol. The topological polar surface area (TPSA) is 85.2 Å². The van der Waals surface area contributed by atoms with E-state index in [0.717, 1.165) is 16.7 Å². The van der Waals surface area contributed by atoms with Gasteiger partial charge in [0.25, 0.3) is 11.5 Å². The first-order valence-corrected chi connectivity index (χ1v) is 11.2. The Morgan fingerprint density at radius 2 is 1.69 bits per heavy atom. The fraction of sp³-hybridized carbons (Fsp3) is 0.148. The Kier molecular flexibility index (Phi) is 7.21. The van der Waals surface area contributed by atoms with E-state index in [1.807, 2.05) is 26.0 Å². The molecule has 0 bridgehead atoms. The molecule has 1 aromatic heterocycles. The fourth-order valence-electron chi connectivity index (χ4n) is 3.32. The summed E-state index contributed by atoms with van der Waals surface area (Å²) in [5.74, 6) is 0.191. The highest BCUT2D eigenvalue weighted by Gasteiger charge is 2.16. The number of hydrogen-bond donors (Lipinski definition) is 2. The van der Waals surface area contributed by atoms with E-state index in [1.54, 1.807) is 36.4 Å². The number of benzene rings is 3. The molecule has 0 unspecified atom stereocenters. The quantitative estimate of drug-likeness (QED) is 0.361. The van der Waals surface area contributed by atoms with Crippen LogP contribution in [0.3, 0.4) is 0 Å². The molecule has 4 aromatic rings. The molecule has 3 aromatic carbocycles. The molecular formula is C27H25FN4O3. The molecule has 2 N–H and O–H groups in total. The predicted octanol–water partition coefficient (Wildman–Crippen LogP) is 5.36. The first kappa shape index (κ1) is 23.7. The Hall–Kier alpha value is -4.46. The van der Waals surface area contributed by atoms with Gasteiger partial charge in [-0.25, -0.2) is 4.39 Å². The standard InChI is InChI=1S/C27H25FN4O3/c1-3-16-29-26(33)19-6-10-21(11-7-19)31-25-24(35-23-14-4-18(2)5-15-23)17-30-32(27(25)34)22-12-8-20(28)9-13-22/h4-15,17,31H,3,16H2,1-2H3,(H,29,33). The minimum absolute atomic E-state index is 0.146. The van der Waals surface area contributed by atoms with Crippen LogP contribution in [0.5, 0.6) is 11.5 Å². The number of carbonyl (C=O) groups is 1. The van der Waals surface area contributed by atoms with Gasteiger partial charge in [-0.05, 0) is 74.0 Å². The average molecular weight is 473 g/mol. The summed E-state index contributed by atoms with van der Waals surface area (Å²) in [4.78, 5) is 25.6. The third-order valence-corrected chi connectivity index (χ3v) is 5.22. The lowest BCUT2D eigenvalue weighted by molar-refractivity contribution is 0.0953. The summed E-state index contributed by atoms with van der Waals surface area (Å²) in [7, 11) is 0. The van der Waals surface area contributed by atoms with Crippen molar-refractivity contribution in [2.24, 2.45) is 0 Å². The number of halogens is 1. The molecule has 35 heavy (non-hydrogen) atoms. The summed E-state index contributed by atoms with van der Waals surface area (Å²) in [6, 6.07) is 19.6. The largest absolute Gasteiger partial charge is 0.453 e. The molecule has 0 aliphatic heterocycles. The van der Waals surface area contributed by atoms with E-state index in [-0.39, 0.29) is 17.3 Å². The third kappa shape index (κ3) is 5.73. The van der Waals surface area contributed by atoms with Crippen LogP contribution in [0.2, 0.25) is 0 Å². The number of nitrogens with one attached hydrogen (secondary N) is 2. The molecule has 8 heteroatoms. The maximum atomic E-state index is 13.4. The normalized spacial score (nSPS) is 10.6. The maximum Gasteiger partial charge on any atom is 0.299 e. The summed E-state index contributed by atoms with van der Waals surface area (Å²) < 4.78 is 20.5. The number of hydrogen-bond acceptors (Lipinski definition) is 5. The molecule has 0 spiro atoms. The molecule has 0 aliphatic rings. The zero-order chi connectivity index (χ0) is 24.8. The number of anilines is 2. The van der Waals surface area contributed by atoms with Crippen molar-refractivity contribution in [1.82, 2.24) is 15.1 Å². The van der Waals surface area contributed by atoms with Gasteiger partial charge in [-0.15, -0.1) is 0 Å². The van der Waals surface area contributed by atoms with Crippen molar-refractivity contribution < 1.29 is 13.9 Å². The lowest BCUT2D eigenvalue weighted by atomic mass is 10.2. The van der Waals surface area contributed by atoms with Gasteiger partial charge in [0, 0.05) is 17.8 Å². The third-order valence-electron chi connectivity index (χ3n) is 5.22. The fourth-order valence-corrected chi connectivity index (χ4v) is 3.32. The van der Waals surface area contributed by atoms with Crippen molar-refractivity contribution in [3.8, 4) is 17.2 Å². The molecule has 0 saturated heterocycles. The Bertz CT molecular complexity index is 1370. The first-order chi connectivity index (χ1) is 16.9. The van der Waals surface area contributed by atoms with Crippen molar-refractivity contribution in [1.29, 1.82) is 0 Å². The molecule has 0 fully saturated rings. The van der Waals surface area contributed by atoms with Crippen LogP contribution in [0.1, 0.15) is 29.3 Å². The van der Waals surface area contributed by atoms with Gasteiger partial charge in [0.15, 0.2) is 11.4 Å². The van der Waals surface area contributed by atoms with Crippen LogP contribution in [-0.4, -0.2) is 22.2 Å². The number of aromatic nitrogens is 2. The van der Waals surface area contributed by atoms with Crippen molar-refractivity contribution in [2.45, 2.75) is 20.3 Å². The van der Waals surface area contributed by atoms with Gasteiger partial charge >= 0.3 is 0 Å². The zero-order valence-corrected chi connectivity index (χ0v) is 19.4. The van der Waals surface area contributed by atoms with E-state index in [1.165, 1.54) is 30.5 Å². The monoisotopic (exact) mass is 472 g/mol. The van der Waals surface area contributed by atoms with Gasteiger partial charge in [-0.2, -0.15) is 9.78 Å². The summed E-state index contributed by atoms with van der Waals surface area (Å²) in [5, 5.41) is 10.2. The lowest BCUT2D eigenvalue weighted by Crippen LogP contribution is -2.24. The lowest BCUT2D eigenvalue weighted by Gasteiger charge is -2.15. The number of carbonyl (C=O) groups excluding carboxylic acids is 1. The van der Waals surface area contributed by atoms with Gasteiger partial charge in [0.2, 0.25) is 0 Å². The van der Waals surface area contributed by atoms with Gasteiger partial charge < -0.3 is 15.4 Å². The van der Waals surface area contributed by atoms with Crippen LogP contribution in [0.25, 0.3) is 5.69 Å². The summed E-state index contributed by atoms with van der Waals surface area (Å²) in [6.45, 7) is 4.55. The molecule has 1 amide bonds. The van der Waals surface area contributed by atoms with Crippen molar-refractivity contribution in [3.63, 3.8) is 0 Å². The van der Waals surface area contributed by atoms with Gasteiger partial charge in [0.1, 0.15) is 11.6 Å². The van der Waals surface area contributed by atoms with E-state index in [2.05, 4.69) is 15.7 Å². The van der Waals surface area contributed by atoms with Crippen LogP contribution < -0.4 is 20.9 Å². The maximum absolute atomic E-state index is 13.4. The van der Waals surface area contributed by atoms with Gasteiger partial charge in [-0.1, -0.05) is 24.6 Å². The number of amides is 1. The Balaban J connectivity index is 1.69. The highest BCUT2D eigenvalue weighted by molar-refractivity contribution is 5.94. The van der Waals surface area contributed by atoms with Gasteiger partial charge in [-0.3, -0.25) is 9.59 Å². The van der Waals surface area contributed by atoms with E-state index in [0.29, 0.717) is 29.2 Å². The van der Waals surface area contributed by atoms with Crippen LogP contribution in [0.4, 0.5) is 15.8 Å². The van der Waals surface area contributed by atoms with Gasteiger partial charge in [0.05, 0.1) is 11.9 Å². The van der Waals surface area contributed by atoms with Crippen molar-refractivity contribution in [3.05, 3.63) is 106 Å². The summed E-state index contributed by atoms with van der Waals surface area (Å²) in [6.07, 6.45) is 2.27. The number of rotatable bonds is 8. The Labute approximate surface area is 202 Å². The van der Waals surface area contributed by atoms with E-state index >= 15 is 0 Å². The molecule has 0 radical (unpaired) electrons. The minimum atomic E-state index is -0.481. The minimum Gasteiger partial charge on any atom is -0.453 e. The van der Waals surface area contributed by atoms with E-state index < -0.39 is 11.4 Å². The van der Waals surface area contributed by atoms with E-state index in [9.17, 15) is 14.0 Å². The van der Waals surface area contributed by atoms with Crippen LogP contribution in [0.15, 0.2) is 83.8 Å². The molecule has 0 aliphatic carbocycles. The second-order valence-electron chi connectivity index (χ2n) is 7.95. The SMILES string of the molecule is CCCNC(=O)c1ccc(Nc2c(Oc3ccc(C)cc3)cnn(-c3ccc(F)cc3)c2=O)cc1.